The minimum atomic E-state index is -2.82. The van der Waals surface area contributed by atoms with Crippen LogP contribution in [0.5, 0.6) is 0 Å². The van der Waals surface area contributed by atoms with Gasteiger partial charge in [0.1, 0.15) is 0 Å². The molecule has 23 heavy (non-hydrogen) atoms. The van der Waals surface area contributed by atoms with Crippen molar-refractivity contribution in [1.82, 2.24) is 15.5 Å². The molecule has 2 saturated heterocycles. The van der Waals surface area contributed by atoms with Crippen LogP contribution in [-0.4, -0.2) is 69.0 Å². The molecular formula is C16H32N4O2S. The van der Waals surface area contributed by atoms with Gasteiger partial charge in [-0.1, -0.05) is 6.92 Å². The van der Waals surface area contributed by atoms with Crippen molar-refractivity contribution in [2.45, 2.75) is 46.2 Å². The second kappa shape index (κ2) is 7.83. The minimum Gasteiger partial charge on any atom is -0.357 e. The molecule has 2 N–H and O–H groups in total. The van der Waals surface area contributed by atoms with Gasteiger partial charge in [0, 0.05) is 38.3 Å². The number of nitrogens with zero attached hydrogens (tertiary/aromatic N) is 2. The van der Waals surface area contributed by atoms with Crippen LogP contribution in [0.2, 0.25) is 0 Å². The summed E-state index contributed by atoms with van der Waals surface area (Å²) in [5.41, 5.74) is 0. The van der Waals surface area contributed by atoms with E-state index in [0.29, 0.717) is 30.3 Å². The number of hydrogen-bond donors (Lipinski definition) is 2. The fraction of sp³-hybridized carbons (Fsp3) is 0.938. The van der Waals surface area contributed by atoms with Gasteiger partial charge in [-0.25, -0.2) is 8.42 Å². The number of guanidine groups is 1. The van der Waals surface area contributed by atoms with Crippen LogP contribution in [0, 0.1) is 11.8 Å². The van der Waals surface area contributed by atoms with E-state index >= 15 is 0 Å². The monoisotopic (exact) mass is 344 g/mol. The summed E-state index contributed by atoms with van der Waals surface area (Å²) in [5, 5.41) is 6.83. The third-order valence-electron chi connectivity index (χ3n) is 4.87. The third kappa shape index (κ3) is 5.35. The first-order valence-corrected chi connectivity index (χ1v) is 10.6. The van der Waals surface area contributed by atoms with Crippen LogP contribution < -0.4 is 10.6 Å². The zero-order valence-electron chi connectivity index (χ0n) is 14.9. The zero-order valence-corrected chi connectivity index (χ0v) is 15.7. The smallest absolute Gasteiger partial charge is 0.191 e. The van der Waals surface area contributed by atoms with Crippen molar-refractivity contribution in [2.24, 2.45) is 16.8 Å². The Morgan fingerprint density at radius 1 is 1.35 bits per heavy atom. The summed E-state index contributed by atoms with van der Waals surface area (Å²) in [6.45, 7) is 12.3. The molecule has 2 rings (SSSR count). The molecule has 0 aromatic heterocycles. The summed E-state index contributed by atoms with van der Waals surface area (Å²) in [5.74, 6) is 2.17. The van der Waals surface area contributed by atoms with E-state index in [0.717, 1.165) is 32.0 Å². The highest BCUT2D eigenvalue weighted by atomic mass is 32.2. The fourth-order valence-corrected chi connectivity index (χ4v) is 5.20. The highest BCUT2D eigenvalue weighted by Gasteiger charge is 2.31. The summed E-state index contributed by atoms with van der Waals surface area (Å²) < 4.78 is 23.1. The molecule has 0 bridgehead atoms. The lowest BCUT2D eigenvalue weighted by molar-refractivity contribution is 0.265. The molecule has 2 aliphatic heterocycles. The lowest BCUT2D eigenvalue weighted by Crippen LogP contribution is -2.47. The Labute approximate surface area is 141 Å². The van der Waals surface area contributed by atoms with Gasteiger partial charge in [0.2, 0.25) is 0 Å². The lowest BCUT2D eigenvalue weighted by atomic mass is 10.1. The highest BCUT2D eigenvalue weighted by molar-refractivity contribution is 7.91. The number of hydrogen-bond acceptors (Lipinski definition) is 4. The summed E-state index contributed by atoms with van der Waals surface area (Å²) in [6, 6.07) is 0.954. The summed E-state index contributed by atoms with van der Waals surface area (Å²) in [6.07, 6.45) is 0.742. The molecule has 2 heterocycles. The van der Waals surface area contributed by atoms with Gasteiger partial charge in [-0.15, -0.1) is 0 Å². The maximum absolute atomic E-state index is 11.5. The molecule has 134 valence electrons. The van der Waals surface area contributed by atoms with E-state index in [-0.39, 0.29) is 11.7 Å². The van der Waals surface area contributed by atoms with E-state index in [1.165, 1.54) is 0 Å². The third-order valence-corrected chi connectivity index (χ3v) is 6.71. The molecule has 0 saturated carbocycles. The molecule has 0 aromatic carbocycles. The van der Waals surface area contributed by atoms with E-state index in [1.54, 1.807) is 0 Å². The summed E-state index contributed by atoms with van der Waals surface area (Å²) >= 11 is 0. The van der Waals surface area contributed by atoms with E-state index in [1.807, 2.05) is 0 Å². The summed E-state index contributed by atoms with van der Waals surface area (Å²) in [7, 11) is -2.82. The van der Waals surface area contributed by atoms with Gasteiger partial charge in [-0.2, -0.15) is 0 Å². The second-order valence-electron chi connectivity index (χ2n) is 7.26. The fourth-order valence-electron chi connectivity index (χ4n) is 3.35. The van der Waals surface area contributed by atoms with Gasteiger partial charge in [-0.3, -0.25) is 9.89 Å². The number of aliphatic imine (C=N–C) groups is 1. The predicted molar refractivity (Wildman–Crippen MR) is 95.5 cm³/mol. The van der Waals surface area contributed by atoms with Gasteiger partial charge >= 0.3 is 0 Å². The molecule has 0 amide bonds. The van der Waals surface area contributed by atoms with E-state index < -0.39 is 9.84 Å². The quantitative estimate of drug-likeness (QED) is 0.567. The van der Waals surface area contributed by atoms with Gasteiger partial charge in [0.15, 0.2) is 15.8 Å². The molecule has 2 aliphatic rings. The van der Waals surface area contributed by atoms with Crippen molar-refractivity contribution in [1.29, 1.82) is 0 Å². The van der Waals surface area contributed by atoms with Gasteiger partial charge in [0.05, 0.1) is 11.5 Å². The Morgan fingerprint density at radius 2 is 2.09 bits per heavy atom. The Morgan fingerprint density at radius 3 is 2.61 bits per heavy atom. The summed E-state index contributed by atoms with van der Waals surface area (Å²) in [4.78, 5) is 7.12. The van der Waals surface area contributed by atoms with Crippen molar-refractivity contribution >= 4 is 15.8 Å². The maximum Gasteiger partial charge on any atom is 0.191 e. The number of nitrogens with one attached hydrogen (secondary N) is 2. The first-order valence-electron chi connectivity index (χ1n) is 8.80. The molecule has 3 unspecified atom stereocenters. The van der Waals surface area contributed by atoms with Gasteiger partial charge in [0.25, 0.3) is 0 Å². The zero-order chi connectivity index (χ0) is 17.0. The van der Waals surface area contributed by atoms with Crippen LogP contribution in [0.1, 0.15) is 34.1 Å². The van der Waals surface area contributed by atoms with Crippen molar-refractivity contribution in [2.75, 3.05) is 37.7 Å². The topological polar surface area (TPSA) is 73.8 Å². The first kappa shape index (κ1) is 18.5. The van der Waals surface area contributed by atoms with Crippen LogP contribution in [0.25, 0.3) is 0 Å². The molecule has 6 nitrogen and oxygen atoms in total. The largest absolute Gasteiger partial charge is 0.357 e. The first-order chi connectivity index (χ1) is 10.8. The Bertz CT molecular complexity index is 518. The minimum absolute atomic E-state index is 0.170. The molecule has 3 atom stereocenters. The van der Waals surface area contributed by atoms with Gasteiger partial charge < -0.3 is 10.6 Å². The molecule has 0 radical (unpaired) electrons. The average Bonchev–Trinajstić information content (AvgIpc) is 3.00. The van der Waals surface area contributed by atoms with Crippen molar-refractivity contribution < 1.29 is 8.42 Å². The number of rotatable bonds is 5. The molecule has 2 fully saturated rings. The predicted octanol–water partition coefficient (Wildman–Crippen LogP) is 0.705. The Balaban J connectivity index is 1.92. The van der Waals surface area contributed by atoms with E-state index in [9.17, 15) is 8.42 Å². The molecular weight excluding hydrogens is 312 g/mol. The van der Waals surface area contributed by atoms with Crippen LogP contribution in [0.3, 0.4) is 0 Å². The number of sulfone groups is 1. The Hall–Kier alpha value is -0.820. The SMILES string of the molecule is CCNC(=NCC1CCS(=O)(=O)C1)NC1CN(C(C)C)CC1C. The molecule has 0 spiro atoms. The molecule has 0 aromatic rings. The van der Waals surface area contributed by atoms with E-state index in [4.69, 9.17) is 0 Å². The van der Waals surface area contributed by atoms with Crippen molar-refractivity contribution in [3.8, 4) is 0 Å². The lowest BCUT2D eigenvalue weighted by Gasteiger charge is -2.22. The normalized spacial score (nSPS) is 31.7. The molecule has 0 aliphatic carbocycles. The van der Waals surface area contributed by atoms with Gasteiger partial charge in [-0.05, 0) is 39.0 Å². The van der Waals surface area contributed by atoms with Crippen LogP contribution >= 0.6 is 0 Å². The van der Waals surface area contributed by atoms with Crippen molar-refractivity contribution in [3.63, 3.8) is 0 Å². The Kier molecular flexibility index (Phi) is 6.31. The highest BCUT2D eigenvalue weighted by Crippen LogP contribution is 2.20. The van der Waals surface area contributed by atoms with Crippen LogP contribution in [0.15, 0.2) is 4.99 Å². The molecule has 7 heteroatoms. The standard InChI is InChI=1S/C16H32N4O2S/c1-5-17-16(18-8-14-6-7-23(21,22)11-14)19-15-10-20(12(2)3)9-13(15)4/h12-15H,5-11H2,1-4H3,(H2,17,18,19). The number of likely N-dealkylation sites (tertiary alicyclic amines) is 1. The van der Waals surface area contributed by atoms with Crippen molar-refractivity contribution in [3.05, 3.63) is 0 Å². The average molecular weight is 345 g/mol. The van der Waals surface area contributed by atoms with Crippen LogP contribution in [-0.2, 0) is 9.84 Å². The van der Waals surface area contributed by atoms with E-state index in [2.05, 4.69) is 48.2 Å². The second-order valence-corrected chi connectivity index (χ2v) is 9.49. The maximum atomic E-state index is 11.5. The van der Waals surface area contributed by atoms with Crippen LogP contribution in [0.4, 0.5) is 0 Å².